The monoisotopic (exact) mass is 239 g/mol. The topological polar surface area (TPSA) is 57.9 Å². The summed E-state index contributed by atoms with van der Waals surface area (Å²) in [6.45, 7) is 2.80. The van der Waals surface area contributed by atoms with E-state index in [-0.39, 0.29) is 0 Å². The molecule has 0 bridgehead atoms. The summed E-state index contributed by atoms with van der Waals surface area (Å²) in [5, 5.41) is 12.1. The van der Waals surface area contributed by atoms with Crippen LogP contribution in [0, 0.1) is 11.3 Å². The molecule has 0 aliphatic heterocycles. The van der Waals surface area contributed by atoms with E-state index in [9.17, 15) is 0 Å². The number of nitrogens with one attached hydrogen (secondary N) is 1. The van der Waals surface area contributed by atoms with E-state index < -0.39 is 0 Å². The van der Waals surface area contributed by atoms with Gasteiger partial charge in [-0.1, -0.05) is 18.2 Å². The first-order valence-corrected chi connectivity index (χ1v) is 5.71. The molecule has 90 valence electrons. The minimum absolute atomic E-state index is 0.469. The lowest BCUT2D eigenvalue weighted by atomic mass is 10.2. The van der Waals surface area contributed by atoms with Gasteiger partial charge in [0.1, 0.15) is 17.6 Å². The van der Waals surface area contributed by atoms with Crippen molar-refractivity contribution in [2.75, 3.05) is 11.9 Å². The average molecular weight is 239 g/mol. The van der Waals surface area contributed by atoms with Crippen LogP contribution in [0.4, 0.5) is 5.82 Å². The van der Waals surface area contributed by atoms with Crippen LogP contribution in [0.2, 0.25) is 0 Å². The summed E-state index contributed by atoms with van der Waals surface area (Å²) >= 11 is 0. The highest BCUT2D eigenvalue weighted by Crippen LogP contribution is 2.23. The van der Waals surface area contributed by atoms with Crippen molar-refractivity contribution in [1.82, 2.24) is 4.98 Å². The fraction of sp³-hybridized carbons (Fsp3) is 0.143. The van der Waals surface area contributed by atoms with Crippen LogP contribution in [-0.2, 0) is 0 Å². The van der Waals surface area contributed by atoms with E-state index in [1.807, 2.05) is 25.1 Å². The number of ether oxygens (including phenoxy) is 1. The maximum absolute atomic E-state index is 8.97. The Morgan fingerprint density at radius 2 is 2.06 bits per heavy atom. The van der Waals surface area contributed by atoms with Gasteiger partial charge in [-0.25, -0.2) is 0 Å². The van der Waals surface area contributed by atoms with Gasteiger partial charge >= 0.3 is 0 Å². The predicted octanol–water partition coefficient (Wildman–Crippen LogP) is 3.18. The number of para-hydroxylation sites is 1. The Morgan fingerprint density at radius 3 is 2.83 bits per heavy atom. The molecule has 1 heterocycles. The van der Waals surface area contributed by atoms with E-state index in [4.69, 9.17) is 10.00 Å². The van der Waals surface area contributed by atoms with Crippen LogP contribution in [0.1, 0.15) is 12.5 Å². The Hall–Kier alpha value is -2.54. The number of hydrogen-bond donors (Lipinski definition) is 1. The van der Waals surface area contributed by atoms with Gasteiger partial charge in [-0.15, -0.1) is 0 Å². The molecule has 0 spiro atoms. The van der Waals surface area contributed by atoms with Crippen LogP contribution < -0.4 is 10.1 Å². The summed E-state index contributed by atoms with van der Waals surface area (Å²) < 4.78 is 5.61. The zero-order valence-corrected chi connectivity index (χ0v) is 10.1. The largest absolute Gasteiger partial charge is 0.438 e. The number of hydrogen-bond acceptors (Lipinski definition) is 4. The third-order valence-electron chi connectivity index (χ3n) is 2.30. The molecular formula is C14H13N3O. The molecule has 0 saturated heterocycles. The predicted molar refractivity (Wildman–Crippen MR) is 69.6 cm³/mol. The first kappa shape index (κ1) is 11.9. The zero-order chi connectivity index (χ0) is 12.8. The first-order chi connectivity index (χ1) is 8.83. The highest BCUT2D eigenvalue weighted by Gasteiger charge is 2.04. The minimum atomic E-state index is 0.469. The van der Waals surface area contributed by atoms with Gasteiger partial charge in [0.05, 0.1) is 5.56 Å². The summed E-state index contributed by atoms with van der Waals surface area (Å²) in [5.74, 6) is 1.74. The highest BCUT2D eigenvalue weighted by molar-refractivity contribution is 5.45. The standard InChI is InChI=1S/C14H13N3O/c1-2-16-13-8-5-9-14(17-13)18-12-7-4-3-6-11(12)10-15/h3-9H,2H2,1H3,(H,16,17). The highest BCUT2D eigenvalue weighted by atomic mass is 16.5. The summed E-state index contributed by atoms with van der Waals surface area (Å²) in [5.41, 5.74) is 0.494. The zero-order valence-electron chi connectivity index (χ0n) is 10.1. The third-order valence-corrected chi connectivity index (χ3v) is 2.30. The molecule has 0 fully saturated rings. The molecule has 1 N–H and O–H groups in total. The quantitative estimate of drug-likeness (QED) is 0.890. The normalized spacial score (nSPS) is 9.56. The molecule has 1 aromatic carbocycles. The molecule has 0 atom stereocenters. The molecule has 0 amide bonds. The summed E-state index contributed by atoms with van der Waals surface area (Å²) in [6, 6.07) is 14.7. The molecule has 0 radical (unpaired) electrons. The Labute approximate surface area is 106 Å². The van der Waals surface area contributed by atoms with Gasteiger partial charge in [-0.05, 0) is 25.1 Å². The first-order valence-electron chi connectivity index (χ1n) is 5.71. The molecule has 0 aliphatic carbocycles. The Balaban J connectivity index is 2.23. The van der Waals surface area contributed by atoms with Crippen molar-refractivity contribution in [2.45, 2.75) is 6.92 Å². The van der Waals surface area contributed by atoms with E-state index in [1.54, 1.807) is 24.3 Å². The van der Waals surface area contributed by atoms with Crippen LogP contribution in [0.15, 0.2) is 42.5 Å². The third kappa shape index (κ3) is 2.77. The molecule has 0 unspecified atom stereocenters. The van der Waals surface area contributed by atoms with Gasteiger partial charge in [0.15, 0.2) is 0 Å². The van der Waals surface area contributed by atoms with Gasteiger partial charge in [0, 0.05) is 12.6 Å². The van der Waals surface area contributed by atoms with Crippen molar-refractivity contribution < 1.29 is 4.74 Å². The number of anilines is 1. The maximum atomic E-state index is 8.97. The summed E-state index contributed by atoms with van der Waals surface area (Å²) in [6.07, 6.45) is 0. The lowest BCUT2D eigenvalue weighted by Gasteiger charge is -2.08. The van der Waals surface area contributed by atoms with Crippen molar-refractivity contribution in [3.63, 3.8) is 0 Å². The lowest BCUT2D eigenvalue weighted by molar-refractivity contribution is 0.462. The second-order valence-corrected chi connectivity index (χ2v) is 3.60. The second-order valence-electron chi connectivity index (χ2n) is 3.60. The number of pyridine rings is 1. The van der Waals surface area contributed by atoms with Gasteiger partial charge in [0.2, 0.25) is 5.88 Å². The number of benzene rings is 1. The van der Waals surface area contributed by atoms with E-state index >= 15 is 0 Å². The fourth-order valence-electron chi connectivity index (χ4n) is 1.51. The van der Waals surface area contributed by atoms with Crippen LogP contribution in [0.3, 0.4) is 0 Å². The van der Waals surface area contributed by atoms with Crippen molar-refractivity contribution in [1.29, 1.82) is 5.26 Å². The summed E-state index contributed by atoms with van der Waals surface area (Å²) in [7, 11) is 0. The molecule has 4 nitrogen and oxygen atoms in total. The van der Waals surface area contributed by atoms with Crippen molar-refractivity contribution >= 4 is 5.82 Å². The number of nitriles is 1. The van der Waals surface area contributed by atoms with Gasteiger partial charge in [-0.2, -0.15) is 10.2 Å². The average Bonchev–Trinajstić information content (AvgIpc) is 2.40. The molecular weight excluding hydrogens is 226 g/mol. The van der Waals surface area contributed by atoms with Crippen molar-refractivity contribution in [3.8, 4) is 17.7 Å². The molecule has 1 aromatic heterocycles. The van der Waals surface area contributed by atoms with Crippen LogP contribution in [0.5, 0.6) is 11.6 Å². The Morgan fingerprint density at radius 1 is 1.22 bits per heavy atom. The van der Waals surface area contributed by atoms with E-state index in [0.717, 1.165) is 12.4 Å². The smallest absolute Gasteiger partial charge is 0.221 e. The van der Waals surface area contributed by atoms with E-state index in [1.165, 1.54) is 0 Å². The van der Waals surface area contributed by atoms with E-state index in [0.29, 0.717) is 17.2 Å². The number of nitrogens with zero attached hydrogens (tertiary/aromatic N) is 2. The number of rotatable bonds is 4. The maximum Gasteiger partial charge on any atom is 0.221 e. The van der Waals surface area contributed by atoms with Crippen LogP contribution in [0.25, 0.3) is 0 Å². The molecule has 2 rings (SSSR count). The molecule has 2 aromatic rings. The molecule has 0 saturated carbocycles. The van der Waals surface area contributed by atoms with Crippen LogP contribution >= 0.6 is 0 Å². The van der Waals surface area contributed by atoms with Gasteiger partial charge < -0.3 is 10.1 Å². The Kier molecular flexibility index (Phi) is 3.77. The molecule has 0 aliphatic rings. The van der Waals surface area contributed by atoms with E-state index in [2.05, 4.69) is 16.4 Å². The fourth-order valence-corrected chi connectivity index (χ4v) is 1.51. The van der Waals surface area contributed by atoms with Gasteiger partial charge in [0.25, 0.3) is 0 Å². The van der Waals surface area contributed by atoms with Crippen LogP contribution in [-0.4, -0.2) is 11.5 Å². The van der Waals surface area contributed by atoms with Crippen molar-refractivity contribution in [3.05, 3.63) is 48.0 Å². The molecule has 4 heteroatoms. The second kappa shape index (κ2) is 5.69. The number of aromatic nitrogens is 1. The lowest BCUT2D eigenvalue weighted by Crippen LogP contribution is -1.99. The van der Waals surface area contributed by atoms with Crippen molar-refractivity contribution in [2.24, 2.45) is 0 Å². The molecule has 18 heavy (non-hydrogen) atoms. The summed E-state index contributed by atoms with van der Waals surface area (Å²) in [4.78, 5) is 4.29. The minimum Gasteiger partial charge on any atom is -0.438 e. The SMILES string of the molecule is CCNc1cccc(Oc2ccccc2C#N)n1. The van der Waals surface area contributed by atoms with Gasteiger partial charge in [-0.3, -0.25) is 0 Å². The Bertz CT molecular complexity index is 575.